The van der Waals surface area contributed by atoms with Crippen LogP contribution in [-0.4, -0.2) is 38.3 Å². The summed E-state index contributed by atoms with van der Waals surface area (Å²) in [6, 6.07) is 3.45. The number of rotatable bonds is 3. The average Bonchev–Trinajstić information content (AvgIpc) is 2.75. The maximum absolute atomic E-state index is 13.2. The monoisotopic (exact) mass is 364 g/mol. The Morgan fingerprint density at radius 2 is 1.96 bits per heavy atom. The van der Waals surface area contributed by atoms with Gasteiger partial charge in [-0.15, -0.1) is 0 Å². The number of fused-ring (bicyclic) bond motifs is 1. The van der Waals surface area contributed by atoms with Gasteiger partial charge < -0.3 is 4.90 Å². The number of benzene rings is 1. The van der Waals surface area contributed by atoms with Gasteiger partial charge in [-0.1, -0.05) is 6.92 Å². The molecule has 2 heterocycles. The number of carbonyl (C=O) groups excluding carboxylic acids is 1. The molecule has 138 valence electrons. The summed E-state index contributed by atoms with van der Waals surface area (Å²) in [5, 5.41) is 0. The summed E-state index contributed by atoms with van der Waals surface area (Å²) >= 11 is 0. The molecule has 0 radical (unpaired) electrons. The molecule has 0 N–H and O–H groups in total. The van der Waals surface area contributed by atoms with Crippen LogP contribution in [0.1, 0.15) is 51.7 Å². The minimum Gasteiger partial charge on any atom is -0.311 e. The summed E-state index contributed by atoms with van der Waals surface area (Å²) in [5.41, 5.74) is 1.85. The number of anilines is 1. The fourth-order valence-electron chi connectivity index (χ4n) is 4.10. The maximum atomic E-state index is 13.2. The minimum atomic E-state index is -3.53. The third-order valence-corrected chi connectivity index (χ3v) is 7.41. The molecule has 1 fully saturated rings. The number of likely N-dealkylation sites (N-methyl/N-ethyl adjacent to an activating group) is 1. The molecule has 0 saturated carbocycles. The lowest BCUT2D eigenvalue weighted by Crippen LogP contribution is -2.39. The van der Waals surface area contributed by atoms with E-state index >= 15 is 0 Å². The van der Waals surface area contributed by atoms with Crippen molar-refractivity contribution >= 4 is 21.6 Å². The van der Waals surface area contributed by atoms with E-state index in [9.17, 15) is 13.2 Å². The van der Waals surface area contributed by atoms with Crippen LogP contribution in [0.5, 0.6) is 0 Å². The first-order valence-corrected chi connectivity index (χ1v) is 10.5. The van der Waals surface area contributed by atoms with Gasteiger partial charge in [-0.05, 0) is 69.7 Å². The summed E-state index contributed by atoms with van der Waals surface area (Å²) in [4.78, 5) is 14.8. The van der Waals surface area contributed by atoms with Crippen LogP contribution in [0, 0.1) is 12.8 Å². The molecule has 1 aromatic carbocycles. The fraction of sp³-hybridized carbons (Fsp3) is 0.632. The second-order valence-corrected chi connectivity index (χ2v) is 9.86. The SMILES string of the molecule is CCN1C(=O)C(C)(C)c2cc(S(=O)(=O)N3CCC[C@@H](C)C3)cc(C)c21. The van der Waals surface area contributed by atoms with E-state index in [1.807, 2.05) is 27.7 Å². The Morgan fingerprint density at radius 1 is 1.28 bits per heavy atom. The van der Waals surface area contributed by atoms with Crippen LogP contribution < -0.4 is 4.90 Å². The van der Waals surface area contributed by atoms with Crippen LogP contribution in [0.3, 0.4) is 0 Å². The zero-order valence-electron chi connectivity index (χ0n) is 15.8. The largest absolute Gasteiger partial charge is 0.311 e. The molecule has 1 amide bonds. The van der Waals surface area contributed by atoms with Gasteiger partial charge in [0.2, 0.25) is 15.9 Å². The van der Waals surface area contributed by atoms with Crippen LogP contribution in [-0.2, 0) is 20.2 Å². The summed E-state index contributed by atoms with van der Waals surface area (Å²) < 4.78 is 27.9. The van der Waals surface area contributed by atoms with Crippen LogP contribution in [0.4, 0.5) is 5.69 Å². The summed E-state index contributed by atoms with van der Waals surface area (Å²) in [6.07, 6.45) is 1.97. The van der Waals surface area contributed by atoms with E-state index in [1.165, 1.54) is 0 Å². The highest BCUT2D eigenvalue weighted by molar-refractivity contribution is 7.89. The van der Waals surface area contributed by atoms with Gasteiger partial charge in [-0.2, -0.15) is 4.31 Å². The minimum absolute atomic E-state index is 0.0363. The first kappa shape index (κ1) is 18.4. The normalized spacial score (nSPS) is 23.8. The van der Waals surface area contributed by atoms with Gasteiger partial charge in [0, 0.05) is 19.6 Å². The first-order chi connectivity index (χ1) is 11.6. The topological polar surface area (TPSA) is 57.7 Å². The van der Waals surface area contributed by atoms with Gasteiger partial charge in [0.15, 0.2) is 0 Å². The van der Waals surface area contributed by atoms with E-state index in [0.717, 1.165) is 29.7 Å². The molecule has 25 heavy (non-hydrogen) atoms. The van der Waals surface area contributed by atoms with Gasteiger partial charge in [0.25, 0.3) is 0 Å². The van der Waals surface area contributed by atoms with E-state index in [2.05, 4.69) is 6.92 Å². The smallest absolute Gasteiger partial charge is 0.243 e. The highest BCUT2D eigenvalue weighted by atomic mass is 32.2. The molecule has 3 rings (SSSR count). The quantitative estimate of drug-likeness (QED) is 0.828. The molecule has 1 atom stereocenters. The number of hydrogen-bond acceptors (Lipinski definition) is 3. The second-order valence-electron chi connectivity index (χ2n) is 7.92. The Hall–Kier alpha value is -1.40. The molecule has 1 saturated heterocycles. The molecule has 0 bridgehead atoms. The summed E-state index contributed by atoms with van der Waals surface area (Å²) in [5.74, 6) is 0.418. The van der Waals surface area contributed by atoms with Crippen molar-refractivity contribution in [3.63, 3.8) is 0 Å². The Labute approximate surface area is 151 Å². The van der Waals surface area contributed by atoms with Crippen molar-refractivity contribution < 1.29 is 13.2 Å². The molecule has 2 aliphatic rings. The summed E-state index contributed by atoms with van der Waals surface area (Å²) in [7, 11) is -3.53. The van der Waals surface area contributed by atoms with Crippen molar-refractivity contribution in [3.05, 3.63) is 23.3 Å². The van der Waals surface area contributed by atoms with Crippen LogP contribution in [0.2, 0.25) is 0 Å². The maximum Gasteiger partial charge on any atom is 0.243 e. The number of nitrogens with zero attached hydrogens (tertiary/aromatic N) is 2. The van der Waals surface area contributed by atoms with Gasteiger partial charge in [0.05, 0.1) is 16.0 Å². The molecule has 0 unspecified atom stereocenters. The molecule has 1 aromatic rings. The number of piperidine rings is 1. The van der Waals surface area contributed by atoms with Crippen molar-refractivity contribution in [2.24, 2.45) is 5.92 Å². The third kappa shape index (κ3) is 2.79. The van der Waals surface area contributed by atoms with E-state index in [4.69, 9.17) is 0 Å². The standard InChI is InChI=1S/C19H28N2O3S/c1-6-21-17-14(3)10-15(11-16(17)19(4,5)18(21)22)25(23,24)20-9-7-8-13(2)12-20/h10-11,13H,6-9,12H2,1-5H3/t13-/m1/s1. The van der Waals surface area contributed by atoms with E-state index in [-0.39, 0.29) is 5.91 Å². The molecular weight excluding hydrogens is 336 g/mol. The lowest BCUT2D eigenvalue weighted by Gasteiger charge is -2.30. The number of carbonyl (C=O) groups is 1. The molecule has 2 aliphatic heterocycles. The Balaban J connectivity index is 2.11. The van der Waals surface area contributed by atoms with E-state index < -0.39 is 15.4 Å². The van der Waals surface area contributed by atoms with Crippen molar-refractivity contribution in [2.45, 2.75) is 57.8 Å². The van der Waals surface area contributed by atoms with Crippen LogP contribution in [0.15, 0.2) is 17.0 Å². The predicted molar refractivity (Wildman–Crippen MR) is 99.4 cm³/mol. The van der Waals surface area contributed by atoms with E-state index in [1.54, 1.807) is 21.3 Å². The Morgan fingerprint density at radius 3 is 2.56 bits per heavy atom. The van der Waals surface area contributed by atoms with E-state index in [0.29, 0.717) is 30.4 Å². The molecule has 6 heteroatoms. The Bertz CT molecular complexity index is 814. The van der Waals surface area contributed by atoms with Crippen LogP contribution in [0.25, 0.3) is 0 Å². The van der Waals surface area contributed by atoms with Gasteiger partial charge >= 0.3 is 0 Å². The van der Waals surface area contributed by atoms with Crippen molar-refractivity contribution in [3.8, 4) is 0 Å². The molecule has 5 nitrogen and oxygen atoms in total. The molecular formula is C19H28N2O3S. The number of aryl methyl sites for hydroxylation is 1. The zero-order chi connectivity index (χ0) is 18.6. The van der Waals surface area contributed by atoms with Gasteiger partial charge in [0.1, 0.15) is 0 Å². The molecule has 0 aromatic heterocycles. The lowest BCUT2D eigenvalue weighted by molar-refractivity contribution is -0.122. The van der Waals surface area contributed by atoms with Crippen molar-refractivity contribution in [1.29, 1.82) is 0 Å². The lowest BCUT2D eigenvalue weighted by atomic mass is 9.85. The predicted octanol–water partition coefficient (Wildman–Crippen LogP) is 3.06. The van der Waals surface area contributed by atoms with Gasteiger partial charge in [-0.3, -0.25) is 4.79 Å². The van der Waals surface area contributed by atoms with Gasteiger partial charge in [-0.25, -0.2) is 8.42 Å². The number of hydrogen-bond donors (Lipinski definition) is 0. The van der Waals surface area contributed by atoms with Crippen molar-refractivity contribution in [1.82, 2.24) is 4.31 Å². The third-order valence-electron chi connectivity index (χ3n) is 5.57. The highest BCUT2D eigenvalue weighted by Gasteiger charge is 2.45. The first-order valence-electron chi connectivity index (χ1n) is 9.08. The highest BCUT2D eigenvalue weighted by Crippen LogP contribution is 2.44. The summed E-state index contributed by atoms with van der Waals surface area (Å²) in [6.45, 7) is 11.4. The number of amides is 1. The molecule has 0 spiro atoms. The zero-order valence-corrected chi connectivity index (χ0v) is 16.6. The fourth-order valence-corrected chi connectivity index (χ4v) is 5.81. The Kier molecular flexibility index (Phi) is 4.48. The molecule has 0 aliphatic carbocycles. The average molecular weight is 365 g/mol. The number of sulfonamides is 1. The van der Waals surface area contributed by atoms with Crippen molar-refractivity contribution in [2.75, 3.05) is 24.5 Å². The second kappa shape index (κ2) is 6.09. The van der Waals surface area contributed by atoms with Crippen LogP contribution >= 0.6 is 0 Å².